The van der Waals surface area contributed by atoms with Gasteiger partial charge in [-0.3, -0.25) is 19.9 Å². The fraction of sp³-hybridized carbons (Fsp3) is 0. The van der Waals surface area contributed by atoms with Crippen molar-refractivity contribution in [2.75, 3.05) is 0 Å². The molecule has 0 saturated carbocycles. The first-order chi connectivity index (χ1) is 15.9. The second-order valence-electron chi connectivity index (χ2n) is 5.61. The average Bonchev–Trinajstić information content (AvgIpc) is 2.88. The van der Waals surface area contributed by atoms with Gasteiger partial charge in [-0.05, 0) is 30.3 Å². The number of pyridine rings is 4. The number of hydrogen-bond donors (Lipinski definition) is 0. The van der Waals surface area contributed by atoms with E-state index < -0.39 is 17.9 Å². The minimum absolute atomic E-state index is 0. The van der Waals surface area contributed by atoms with Crippen molar-refractivity contribution in [2.45, 2.75) is 0 Å². The fourth-order valence-corrected chi connectivity index (χ4v) is 1.76. The predicted molar refractivity (Wildman–Crippen MR) is 110 cm³/mol. The number of carbonyl (C=O) groups is 3. The largest absolute Gasteiger partial charge is 3.00 e. The number of rotatable bonds is 3. The van der Waals surface area contributed by atoms with Crippen molar-refractivity contribution in [2.24, 2.45) is 0 Å². The van der Waals surface area contributed by atoms with Crippen molar-refractivity contribution in [3.8, 4) is 0 Å². The summed E-state index contributed by atoms with van der Waals surface area (Å²) in [5, 5.41) is 30.1. The maximum Gasteiger partial charge on any atom is 3.00 e. The normalized spacial score (nSPS) is 8.47. The molecule has 11 heteroatoms. The van der Waals surface area contributed by atoms with E-state index in [4.69, 9.17) is 0 Å². The van der Waals surface area contributed by atoms with Gasteiger partial charge in [0.1, 0.15) is 0 Å². The third-order valence-electron chi connectivity index (χ3n) is 3.26. The zero-order chi connectivity index (χ0) is 24.3. The zero-order valence-electron chi connectivity index (χ0n) is 17.5. The molecule has 0 unspecified atom stereocenters. The van der Waals surface area contributed by atoms with E-state index in [-0.39, 0.29) is 34.1 Å². The first kappa shape index (κ1) is 29.5. The molecule has 0 amide bonds. The molecule has 0 atom stereocenters. The molecule has 34 heavy (non-hydrogen) atoms. The van der Waals surface area contributed by atoms with Crippen molar-refractivity contribution in [1.29, 1.82) is 0 Å². The van der Waals surface area contributed by atoms with Crippen molar-refractivity contribution in [1.82, 2.24) is 19.9 Å². The molecule has 4 heterocycles. The van der Waals surface area contributed by atoms with Crippen LogP contribution in [-0.2, 0) is 17.4 Å². The Morgan fingerprint density at radius 2 is 0.765 bits per heavy atom. The molecule has 0 bridgehead atoms. The minimum atomic E-state index is -1.19. The zero-order valence-corrected chi connectivity index (χ0v) is 18.7. The molecule has 4 rings (SSSR count). The van der Waals surface area contributed by atoms with Crippen LogP contribution in [0.5, 0.6) is 0 Å². The number of nitrogens with zero attached hydrogens (tertiary/aromatic N) is 4. The van der Waals surface area contributed by atoms with Crippen LogP contribution in [0, 0.1) is 0 Å². The molecular formula is C23H17CrN4O6. The number of carboxylic acid groups (broad SMARTS) is 3. The van der Waals surface area contributed by atoms with Crippen molar-refractivity contribution in [3.05, 3.63) is 121 Å². The standard InChI is InChI=1S/3C6H5NO2.C5H5N.Cr/c3*8-6(9)5-2-1-3-7-4-5;1-2-4-6-5-3-1;/h3*1-4H,(H,8,9);1-5H;/q;;;;+3/p-3. The summed E-state index contributed by atoms with van der Waals surface area (Å²) in [4.78, 5) is 44.7. The molecule has 0 aliphatic heterocycles. The van der Waals surface area contributed by atoms with Crippen LogP contribution in [0.3, 0.4) is 0 Å². The maximum absolute atomic E-state index is 10.0. The molecule has 0 saturated heterocycles. The molecule has 171 valence electrons. The molecule has 0 aliphatic rings. The summed E-state index contributed by atoms with van der Waals surface area (Å²) >= 11 is 0. The summed E-state index contributed by atoms with van der Waals surface area (Å²) in [6, 6.07) is 14.7. The van der Waals surface area contributed by atoms with E-state index in [0.29, 0.717) is 0 Å². The van der Waals surface area contributed by atoms with Gasteiger partial charge >= 0.3 is 17.4 Å². The molecular weight excluding hydrogens is 480 g/mol. The van der Waals surface area contributed by atoms with Crippen LogP contribution in [0.1, 0.15) is 31.1 Å². The number of carboxylic acids is 3. The van der Waals surface area contributed by atoms with Crippen LogP contribution in [0.4, 0.5) is 0 Å². The van der Waals surface area contributed by atoms with E-state index in [1.165, 1.54) is 55.4 Å². The van der Waals surface area contributed by atoms with Gasteiger partial charge in [-0.25, -0.2) is 0 Å². The van der Waals surface area contributed by atoms with Gasteiger partial charge in [-0.2, -0.15) is 0 Å². The summed E-state index contributed by atoms with van der Waals surface area (Å²) in [6.07, 6.45) is 11.8. The third kappa shape index (κ3) is 13.8. The Kier molecular flexibility index (Phi) is 15.8. The Hall–Kier alpha value is -4.46. The molecule has 0 aliphatic carbocycles. The minimum Gasteiger partial charge on any atom is -0.545 e. The van der Waals surface area contributed by atoms with Gasteiger partial charge in [0, 0.05) is 66.3 Å². The molecule has 1 radical (unpaired) electrons. The molecule has 4 aromatic heterocycles. The third-order valence-corrected chi connectivity index (χ3v) is 3.26. The summed E-state index contributed by atoms with van der Waals surface area (Å²) < 4.78 is 0. The van der Waals surface area contributed by atoms with Gasteiger partial charge in [0.25, 0.3) is 0 Å². The van der Waals surface area contributed by atoms with Crippen LogP contribution >= 0.6 is 0 Å². The smallest absolute Gasteiger partial charge is 0.545 e. The van der Waals surface area contributed by atoms with Crippen LogP contribution in [0.25, 0.3) is 0 Å². The molecule has 0 spiro atoms. The van der Waals surface area contributed by atoms with Crippen LogP contribution in [-0.4, -0.2) is 37.8 Å². The Morgan fingerprint density at radius 3 is 0.882 bits per heavy atom. The SMILES string of the molecule is O=C([O-])c1cccnc1.O=C([O-])c1cccnc1.O=C([O-])c1cccnc1.[Cr+3].c1ccncc1. The summed E-state index contributed by atoms with van der Waals surface area (Å²) in [7, 11) is 0. The quantitative estimate of drug-likeness (QED) is 0.356. The number of aromatic carboxylic acids is 3. The Morgan fingerprint density at radius 1 is 0.471 bits per heavy atom. The van der Waals surface area contributed by atoms with Gasteiger partial charge in [-0.1, -0.05) is 24.3 Å². The summed E-state index contributed by atoms with van der Waals surface area (Å²) in [5.74, 6) is -3.57. The van der Waals surface area contributed by atoms with Gasteiger partial charge < -0.3 is 29.7 Å². The Bertz CT molecular complexity index is 945. The van der Waals surface area contributed by atoms with Crippen molar-refractivity contribution < 1.29 is 47.1 Å². The van der Waals surface area contributed by atoms with Crippen molar-refractivity contribution in [3.63, 3.8) is 0 Å². The van der Waals surface area contributed by atoms with E-state index in [1.54, 1.807) is 30.6 Å². The monoisotopic (exact) mass is 497 g/mol. The first-order valence-corrected chi connectivity index (χ1v) is 9.11. The molecule has 4 aromatic rings. The van der Waals surface area contributed by atoms with E-state index in [2.05, 4.69) is 19.9 Å². The van der Waals surface area contributed by atoms with Crippen LogP contribution < -0.4 is 15.3 Å². The molecule has 10 nitrogen and oxygen atoms in total. The number of hydrogen-bond acceptors (Lipinski definition) is 10. The summed E-state index contributed by atoms with van der Waals surface area (Å²) in [6.45, 7) is 0. The molecule has 0 N–H and O–H groups in total. The van der Waals surface area contributed by atoms with E-state index in [0.717, 1.165) is 0 Å². The van der Waals surface area contributed by atoms with Crippen molar-refractivity contribution >= 4 is 17.9 Å². The number of aromatic nitrogens is 4. The van der Waals surface area contributed by atoms with Gasteiger partial charge in [-0.15, -0.1) is 0 Å². The second-order valence-corrected chi connectivity index (χ2v) is 5.61. The number of carbonyl (C=O) groups excluding carboxylic acids is 3. The average molecular weight is 497 g/mol. The van der Waals surface area contributed by atoms with Gasteiger partial charge in [0.05, 0.1) is 17.9 Å². The molecule has 0 fully saturated rings. The van der Waals surface area contributed by atoms with E-state index >= 15 is 0 Å². The predicted octanol–water partition coefficient (Wildman–Crippen LogP) is -0.586. The Balaban J connectivity index is 0.000000427. The van der Waals surface area contributed by atoms with Crippen LogP contribution in [0.2, 0.25) is 0 Å². The summed E-state index contributed by atoms with van der Waals surface area (Å²) in [5.41, 5.74) is 0.326. The van der Waals surface area contributed by atoms with Gasteiger partial charge in [0.2, 0.25) is 0 Å². The first-order valence-electron chi connectivity index (χ1n) is 9.11. The van der Waals surface area contributed by atoms with E-state index in [1.807, 2.05) is 18.2 Å². The molecule has 0 aromatic carbocycles. The maximum atomic E-state index is 10.0. The fourth-order valence-electron chi connectivity index (χ4n) is 1.76. The topological polar surface area (TPSA) is 172 Å². The second kappa shape index (κ2) is 18.1. The van der Waals surface area contributed by atoms with Gasteiger partial charge in [0.15, 0.2) is 0 Å². The van der Waals surface area contributed by atoms with E-state index in [9.17, 15) is 29.7 Å². The Labute approximate surface area is 205 Å². The van der Waals surface area contributed by atoms with Crippen LogP contribution in [0.15, 0.2) is 104 Å².